The number of pyridine rings is 1. The molecule has 1 aromatic rings. The van der Waals surface area contributed by atoms with Gasteiger partial charge < -0.3 is 21.9 Å². The van der Waals surface area contributed by atoms with E-state index in [4.69, 9.17) is 9.47 Å². The maximum Gasteiger partial charge on any atom is 0.417 e. The molecule has 2 unspecified atom stereocenters. The second-order valence-electron chi connectivity index (χ2n) is 11.4. The largest absolute Gasteiger partial charge is 1.00 e. The number of halogens is 1. The number of unbranched alkanes of at least 4 members (excludes halogenated alkanes) is 14. The number of nitrogens with zero attached hydrogens (tertiary/aromatic N) is 2. The van der Waals surface area contributed by atoms with Crippen LogP contribution in [-0.4, -0.2) is 35.7 Å². The van der Waals surface area contributed by atoms with Gasteiger partial charge >= 0.3 is 6.09 Å². The fourth-order valence-electron chi connectivity index (χ4n) is 5.53. The molecule has 2 rings (SSSR count). The summed E-state index contributed by atoms with van der Waals surface area (Å²) in [6.07, 6.45) is 25.2. The van der Waals surface area contributed by atoms with E-state index in [0.29, 0.717) is 0 Å². The van der Waals surface area contributed by atoms with Crippen molar-refractivity contribution in [2.75, 3.05) is 6.61 Å². The molecule has 0 saturated carbocycles. The van der Waals surface area contributed by atoms with Crippen LogP contribution in [0.5, 0.6) is 0 Å². The molecule has 0 N–H and O–H groups in total. The molecule has 1 aromatic heterocycles. The molecule has 0 aromatic carbocycles. The lowest BCUT2D eigenvalue weighted by atomic mass is 10.0. The molecule has 1 aliphatic rings. The monoisotopic (exact) mass is 580 g/mol. The predicted molar refractivity (Wildman–Crippen MR) is 157 cm³/mol. The van der Waals surface area contributed by atoms with E-state index < -0.39 is 6.09 Å². The van der Waals surface area contributed by atoms with Gasteiger partial charge in [-0.3, -0.25) is 4.79 Å². The van der Waals surface area contributed by atoms with E-state index in [1.165, 1.54) is 108 Å². The van der Waals surface area contributed by atoms with Gasteiger partial charge in [0.25, 0.3) is 0 Å². The van der Waals surface area contributed by atoms with Crippen LogP contribution in [0.15, 0.2) is 24.4 Å². The first-order valence-corrected chi connectivity index (χ1v) is 16.1. The smallest absolute Gasteiger partial charge is 0.417 e. The molecule has 2 atom stereocenters. The van der Waals surface area contributed by atoms with Gasteiger partial charge in [-0.1, -0.05) is 109 Å². The summed E-state index contributed by atoms with van der Waals surface area (Å²) in [5.74, 6) is -0.315. The Labute approximate surface area is 251 Å². The normalized spacial score (nSPS) is 16.5. The molecule has 0 radical (unpaired) electrons. The van der Waals surface area contributed by atoms with Gasteiger partial charge in [0.05, 0.1) is 12.2 Å². The maximum atomic E-state index is 12.7. The van der Waals surface area contributed by atoms with Crippen LogP contribution in [0.4, 0.5) is 4.79 Å². The van der Waals surface area contributed by atoms with Gasteiger partial charge in [0.1, 0.15) is 19.7 Å². The molecule has 2 heterocycles. The quantitative estimate of drug-likeness (QED) is 0.146. The summed E-state index contributed by atoms with van der Waals surface area (Å²) in [5, 5.41) is 0. The molecule has 2 amide bonds. The molecule has 1 aliphatic heterocycles. The van der Waals surface area contributed by atoms with Gasteiger partial charge in [0.15, 0.2) is 6.20 Å². The standard InChI is InChI=1S/C33H57N2O4.ClH/c1-4-6-7-8-9-10-11-12-13-14-15-16-17-18-19-23-31-24-25-32(39-31)28-38-33(37)35(29(3)36)27-30-22-20-21-26-34(30)5-2;/h20-22,26,31-32H,4-19,23-25,27-28H2,1-3H3;1H/q+1;/p-1. The Morgan fingerprint density at radius 3 is 1.95 bits per heavy atom. The van der Waals surface area contributed by atoms with E-state index in [-0.39, 0.29) is 43.7 Å². The summed E-state index contributed by atoms with van der Waals surface area (Å²) in [5.41, 5.74) is 0.896. The average Bonchev–Trinajstić information content (AvgIpc) is 3.40. The molecule has 0 aliphatic carbocycles. The van der Waals surface area contributed by atoms with Crippen molar-refractivity contribution in [1.29, 1.82) is 0 Å². The molecule has 0 spiro atoms. The molecular weight excluding hydrogens is 524 g/mol. The number of rotatable bonds is 21. The number of amides is 2. The molecule has 1 saturated heterocycles. The van der Waals surface area contributed by atoms with Crippen LogP contribution in [0.25, 0.3) is 0 Å². The first-order valence-electron chi connectivity index (χ1n) is 16.1. The minimum atomic E-state index is -0.594. The number of hydrogen-bond acceptors (Lipinski definition) is 4. The highest BCUT2D eigenvalue weighted by atomic mass is 35.5. The number of carbonyl (C=O) groups excluding carboxylic acids is 2. The lowest BCUT2D eigenvalue weighted by Gasteiger charge is -2.19. The Morgan fingerprint density at radius 1 is 0.850 bits per heavy atom. The first kappa shape index (κ1) is 36.4. The molecule has 7 heteroatoms. The Hall–Kier alpha value is -1.66. The van der Waals surface area contributed by atoms with Crippen molar-refractivity contribution in [1.82, 2.24) is 4.90 Å². The third kappa shape index (κ3) is 15.4. The summed E-state index contributed by atoms with van der Waals surface area (Å²) < 4.78 is 13.7. The zero-order valence-corrected chi connectivity index (χ0v) is 26.5. The molecule has 40 heavy (non-hydrogen) atoms. The van der Waals surface area contributed by atoms with Crippen LogP contribution in [0.1, 0.15) is 142 Å². The van der Waals surface area contributed by atoms with E-state index in [9.17, 15) is 9.59 Å². The Kier molecular flexibility index (Phi) is 20.9. The fourth-order valence-corrected chi connectivity index (χ4v) is 5.53. The molecule has 230 valence electrons. The van der Waals surface area contributed by atoms with Crippen molar-refractivity contribution in [2.45, 2.75) is 162 Å². The first-order chi connectivity index (χ1) is 19.0. The van der Waals surface area contributed by atoms with Gasteiger partial charge in [-0.15, -0.1) is 0 Å². The van der Waals surface area contributed by atoms with Crippen LogP contribution >= 0.6 is 0 Å². The number of aryl methyl sites for hydroxylation is 1. The van der Waals surface area contributed by atoms with E-state index in [1.807, 2.05) is 35.9 Å². The summed E-state index contributed by atoms with van der Waals surface area (Å²) in [6.45, 7) is 6.90. The average molecular weight is 581 g/mol. The zero-order valence-electron chi connectivity index (χ0n) is 25.7. The van der Waals surface area contributed by atoms with Crippen molar-refractivity contribution in [3.63, 3.8) is 0 Å². The van der Waals surface area contributed by atoms with Gasteiger partial charge in [0.2, 0.25) is 11.6 Å². The maximum absolute atomic E-state index is 12.7. The van der Waals surface area contributed by atoms with Crippen molar-refractivity contribution < 1.29 is 36.0 Å². The van der Waals surface area contributed by atoms with Gasteiger partial charge in [0, 0.05) is 19.1 Å². The lowest BCUT2D eigenvalue weighted by molar-refractivity contribution is -0.701. The Bertz CT molecular complexity index is 806. The van der Waals surface area contributed by atoms with E-state index >= 15 is 0 Å². The van der Waals surface area contributed by atoms with Crippen molar-refractivity contribution >= 4 is 12.0 Å². The van der Waals surface area contributed by atoms with Gasteiger partial charge in [-0.05, 0) is 26.2 Å². The second kappa shape index (κ2) is 23.0. The highest BCUT2D eigenvalue weighted by Crippen LogP contribution is 2.25. The second-order valence-corrected chi connectivity index (χ2v) is 11.4. The number of ether oxygens (including phenoxy) is 2. The van der Waals surface area contributed by atoms with Crippen LogP contribution < -0.4 is 17.0 Å². The molecular formula is C33H57ClN2O4. The van der Waals surface area contributed by atoms with Crippen molar-refractivity contribution in [3.05, 3.63) is 30.1 Å². The van der Waals surface area contributed by atoms with Gasteiger partial charge in [-0.2, -0.15) is 0 Å². The van der Waals surface area contributed by atoms with Crippen molar-refractivity contribution in [2.24, 2.45) is 0 Å². The Morgan fingerprint density at radius 2 is 1.40 bits per heavy atom. The number of imide groups is 1. The van der Waals surface area contributed by atoms with Gasteiger partial charge in [-0.25, -0.2) is 14.3 Å². The third-order valence-corrected chi connectivity index (χ3v) is 8.01. The zero-order chi connectivity index (χ0) is 28.1. The lowest BCUT2D eigenvalue weighted by Crippen LogP contribution is -3.00. The SMILES string of the molecule is CCCCCCCCCCCCCCCCCC1CCC(COC(=O)N(Cc2cccc[n+]2CC)C(C)=O)O1.[Cl-]. The summed E-state index contributed by atoms with van der Waals surface area (Å²) >= 11 is 0. The van der Waals surface area contributed by atoms with Crippen LogP contribution in [0.3, 0.4) is 0 Å². The highest BCUT2D eigenvalue weighted by molar-refractivity contribution is 5.90. The Balaban J connectivity index is 0.00000800. The summed E-state index contributed by atoms with van der Waals surface area (Å²) in [7, 11) is 0. The van der Waals surface area contributed by atoms with E-state index in [0.717, 1.165) is 31.5 Å². The number of carbonyl (C=O) groups is 2. The third-order valence-electron chi connectivity index (χ3n) is 8.01. The van der Waals surface area contributed by atoms with Crippen molar-refractivity contribution in [3.8, 4) is 0 Å². The fraction of sp³-hybridized carbons (Fsp3) is 0.788. The number of aromatic nitrogens is 1. The highest BCUT2D eigenvalue weighted by Gasteiger charge is 2.28. The molecule has 6 nitrogen and oxygen atoms in total. The number of hydrogen-bond donors (Lipinski definition) is 0. The minimum Gasteiger partial charge on any atom is -1.00 e. The van der Waals surface area contributed by atoms with Crippen LogP contribution in [0, 0.1) is 0 Å². The predicted octanol–water partition coefficient (Wildman–Crippen LogP) is 5.29. The van der Waals surface area contributed by atoms with Crippen LogP contribution in [0.2, 0.25) is 0 Å². The summed E-state index contributed by atoms with van der Waals surface area (Å²) in [6, 6.07) is 5.78. The minimum absolute atomic E-state index is 0. The topological polar surface area (TPSA) is 59.7 Å². The summed E-state index contributed by atoms with van der Waals surface area (Å²) in [4.78, 5) is 26.0. The van der Waals surface area contributed by atoms with E-state index in [1.54, 1.807) is 0 Å². The molecule has 0 bridgehead atoms. The van der Waals surface area contributed by atoms with E-state index in [2.05, 4.69) is 6.92 Å². The molecule has 1 fully saturated rings. The van der Waals surface area contributed by atoms with Crippen LogP contribution in [-0.2, 0) is 27.4 Å².